The van der Waals surface area contributed by atoms with Crippen molar-refractivity contribution >= 4 is 5.69 Å². The third-order valence-corrected chi connectivity index (χ3v) is 4.21. The molecule has 0 bridgehead atoms. The zero-order valence-electron chi connectivity index (χ0n) is 11.0. The molecule has 1 aliphatic rings. The molecule has 0 aliphatic carbocycles. The summed E-state index contributed by atoms with van der Waals surface area (Å²) in [6.07, 6.45) is 3.73. The standard InChI is InChI=1S/C15H24N2/c1-15(2)13(10-11-16)7-6-12-17(15)14-8-4-3-5-9-14/h3-5,8-9,13H,6-7,10-12,16H2,1-2H3. The van der Waals surface area contributed by atoms with Gasteiger partial charge >= 0.3 is 0 Å². The van der Waals surface area contributed by atoms with Crippen LogP contribution in [0.3, 0.4) is 0 Å². The number of hydrogen-bond acceptors (Lipinski definition) is 2. The summed E-state index contributed by atoms with van der Waals surface area (Å²) in [5.41, 5.74) is 7.31. The fraction of sp³-hybridized carbons (Fsp3) is 0.600. The van der Waals surface area contributed by atoms with Gasteiger partial charge < -0.3 is 10.6 Å². The summed E-state index contributed by atoms with van der Waals surface area (Å²) in [5.74, 6) is 0.710. The molecule has 1 unspecified atom stereocenters. The molecule has 2 N–H and O–H groups in total. The molecule has 94 valence electrons. The van der Waals surface area contributed by atoms with E-state index in [1.807, 2.05) is 0 Å². The van der Waals surface area contributed by atoms with Gasteiger partial charge in [0.2, 0.25) is 0 Å². The maximum Gasteiger partial charge on any atom is 0.0374 e. The van der Waals surface area contributed by atoms with Gasteiger partial charge in [-0.15, -0.1) is 0 Å². The van der Waals surface area contributed by atoms with Crippen LogP contribution in [0.5, 0.6) is 0 Å². The zero-order chi connectivity index (χ0) is 12.3. The zero-order valence-corrected chi connectivity index (χ0v) is 11.0. The molecule has 0 radical (unpaired) electrons. The monoisotopic (exact) mass is 232 g/mol. The Morgan fingerprint density at radius 3 is 2.65 bits per heavy atom. The number of piperidine rings is 1. The van der Waals surface area contributed by atoms with E-state index >= 15 is 0 Å². The number of para-hydroxylation sites is 1. The Hall–Kier alpha value is -1.02. The Morgan fingerprint density at radius 2 is 2.00 bits per heavy atom. The molecule has 1 heterocycles. The Kier molecular flexibility index (Phi) is 3.72. The third kappa shape index (κ3) is 2.47. The average molecular weight is 232 g/mol. The lowest BCUT2D eigenvalue weighted by Gasteiger charge is -2.49. The normalized spacial score (nSPS) is 23.7. The van der Waals surface area contributed by atoms with E-state index in [0.29, 0.717) is 5.92 Å². The number of benzene rings is 1. The summed E-state index contributed by atoms with van der Waals surface area (Å²) in [4.78, 5) is 2.55. The fourth-order valence-corrected chi connectivity index (χ4v) is 3.13. The van der Waals surface area contributed by atoms with Crippen LogP contribution in [-0.4, -0.2) is 18.6 Å². The minimum absolute atomic E-state index is 0.221. The van der Waals surface area contributed by atoms with E-state index in [4.69, 9.17) is 5.73 Å². The molecular weight excluding hydrogens is 208 g/mol. The molecule has 2 nitrogen and oxygen atoms in total. The van der Waals surface area contributed by atoms with Crippen LogP contribution in [0.1, 0.15) is 33.1 Å². The molecule has 2 rings (SSSR count). The number of nitrogens with two attached hydrogens (primary N) is 1. The van der Waals surface area contributed by atoms with Crippen LogP contribution in [-0.2, 0) is 0 Å². The van der Waals surface area contributed by atoms with Crippen molar-refractivity contribution in [2.75, 3.05) is 18.0 Å². The van der Waals surface area contributed by atoms with Crippen LogP contribution in [0, 0.1) is 5.92 Å². The van der Waals surface area contributed by atoms with E-state index in [2.05, 4.69) is 49.1 Å². The lowest BCUT2D eigenvalue weighted by Crippen LogP contribution is -2.54. The summed E-state index contributed by atoms with van der Waals surface area (Å²) in [6, 6.07) is 10.8. The van der Waals surface area contributed by atoms with Crippen LogP contribution < -0.4 is 10.6 Å². The molecule has 1 atom stereocenters. The van der Waals surface area contributed by atoms with Gasteiger partial charge in [-0.3, -0.25) is 0 Å². The van der Waals surface area contributed by atoms with Crippen molar-refractivity contribution in [1.29, 1.82) is 0 Å². The average Bonchev–Trinajstić information content (AvgIpc) is 2.33. The van der Waals surface area contributed by atoms with Crippen LogP contribution in [0.25, 0.3) is 0 Å². The minimum Gasteiger partial charge on any atom is -0.366 e. The highest BCUT2D eigenvalue weighted by Gasteiger charge is 2.37. The molecule has 17 heavy (non-hydrogen) atoms. The smallest absolute Gasteiger partial charge is 0.0374 e. The second-order valence-electron chi connectivity index (χ2n) is 5.56. The molecule has 1 aromatic rings. The molecule has 1 aliphatic heterocycles. The first-order valence-corrected chi connectivity index (χ1v) is 6.69. The molecule has 0 spiro atoms. The summed E-state index contributed by atoms with van der Waals surface area (Å²) < 4.78 is 0. The van der Waals surface area contributed by atoms with Gasteiger partial charge in [-0.05, 0) is 57.7 Å². The van der Waals surface area contributed by atoms with E-state index < -0.39 is 0 Å². The van der Waals surface area contributed by atoms with Crippen molar-refractivity contribution < 1.29 is 0 Å². The molecule has 2 heteroatoms. The second-order valence-corrected chi connectivity index (χ2v) is 5.56. The summed E-state index contributed by atoms with van der Waals surface area (Å²) >= 11 is 0. The van der Waals surface area contributed by atoms with E-state index in [0.717, 1.165) is 19.5 Å². The Bertz CT molecular complexity index is 343. The summed E-state index contributed by atoms with van der Waals surface area (Å²) in [6.45, 7) is 6.69. The molecule has 1 saturated heterocycles. The minimum atomic E-state index is 0.221. The van der Waals surface area contributed by atoms with Crippen molar-refractivity contribution in [2.45, 2.75) is 38.6 Å². The molecular formula is C15H24N2. The molecule has 0 aromatic heterocycles. The maximum atomic E-state index is 5.75. The quantitative estimate of drug-likeness (QED) is 0.868. The lowest BCUT2D eigenvalue weighted by molar-refractivity contribution is 0.227. The fourth-order valence-electron chi connectivity index (χ4n) is 3.13. The van der Waals surface area contributed by atoms with Gasteiger partial charge in [-0.2, -0.15) is 0 Å². The summed E-state index contributed by atoms with van der Waals surface area (Å²) in [5, 5.41) is 0. The lowest BCUT2D eigenvalue weighted by atomic mass is 9.77. The number of nitrogens with zero attached hydrogens (tertiary/aromatic N) is 1. The predicted molar refractivity (Wildman–Crippen MR) is 74.3 cm³/mol. The van der Waals surface area contributed by atoms with Gasteiger partial charge in [0.25, 0.3) is 0 Å². The number of hydrogen-bond donors (Lipinski definition) is 1. The number of anilines is 1. The first-order valence-electron chi connectivity index (χ1n) is 6.69. The first kappa shape index (κ1) is 12.4. The van der Waals surface area contributed by atoms with Gasteiger partial charge in [-0.25, -0.2) is 0 Å². The van der Waals surface area contributed by atoms with E-state index in [9.17, 15) is 0 Å². The third-order valence-electron chi connectivity index (χ3n) is 4.21. The highest BCUT2D eigenvalue weighted by Crippen LogP contribution is 2.38. The molecule has 1 aromatic carbocycles. The van der Waals surface area contributed by atoms with Gasteiger partial charge in [0.1, 0.15) is 0 Å². The predicted octanol–water partition coefficient (Wildman–Crippen LogP) is 3.03. The highest BCUT2D eigenvalue weighted by atomic mass is 15.2. The Morgan fingerprint density at radius 1 is 1.29 bits per heavy atom. The van der Waals surface area contributed by atoms with Crippen LogP contribution >= 0.6 is 0 Å². The van der Waals surface area contributed by atoms with E-state index in [-0.39, 0.29) is 5.54 Å². The van der Waals surface area contributed by atoms with Gasteiger partial charge in [0.15, 0.2) is 0 Å². The van der Waals surface area contributed by atoms with Gasteiger partial charge in [0.05, 0.1) is 0 Å². The largest absolute Gasteiger partial charge is 0.366 e. The van der Waals surface area contributed by atoms with E-state index in [1.165, 1.54) is 18.5 Å². The van der Waals surface area contributed by atoms with Gasteiger partial charge in [0, 0.05) is 17.8 Å². The highest BCUT2D eigenvalue weighted by molar-refractivity contribution is 5.49. The SMILES string of the molecule is CC1(C)C(CCN)CCCN1c1ccccc1. The van der Waals surface area contributed by atoms with Crippen LogP contribution in [0.2, 0.25) is 0 Å². The van der Waals surface area contributed by atoms with E-state index in [1.54, 1.807) is 0 Å². The van der Waals surface area contributed by atoms with Gasteiger partial charge in [-0.1, -0.05) is 18.2 Å². The molecule has 0 saturated carbocycles. The van der Waals surface area contributed by atoms with Crippen LogP contribution in [0.4, 0.5) is 5.69 Å². The second kappa shape index (κ2) is 5.09. The summed E-state index contributed by atoms with van der Waals surface area (Å²) in [7, 11) is 0. The Balaban J connectivity index is 2.22. The number of rotatable bonds is 3. The van der Waals surface area contributed by atoms with Crippen molar-refractivity contribution in [3.8, 4) is 0 Å². The van der Waals surface area contributed by atoms with Crippen molar-refractivity contribution in [1.82, 2.24) is 0 Å². The topological polar surface area (TPSA) is 29.3 Å². The van der Waals surface area contributed by atoms with Crippen molar-refractivity contribution in [3.63, 3.8) is 0 Å². The molecule has 1 fully saturated rings. The Labute approximate surface area is 105 Å². The van der Waals surface area contributed by atoms with Crippen molar-refractivity contribution in [2.24, 2.45) is 11.7 Å². The van der Waals surface area contributed by atoms with Crippen molar-refractivity contribution in [3.05, 3.63) is 30.3 Å². The van der Waals surface area contributed by atoms with Crippen LogP contribution in [0.15, 0.2) is 30.3 Å². The first-order chi connectivity index (χ1) is 8.16. The molecule has 0 amide bonds. The maximum absolute atomic E-state index is 5.75.